The fourth-order valence-electron chi connectivity index (χ4n) is 2.80. The van der Waals surface area contributed by atoms with Gasteiger partial charge in [-0.2, -0.15) is 0 Å². The quantitative estimate of drug-likeness (QED) is 0.663. The van der Waals surface area contributed by atoms with Crippen LogP contribution in [0.5, 0.6) is 0 Å². The molecular weight excluding hydrogens is 184 g/mol. The number of hydrogen-bond acceptors (Lipinski definition) is 2. The molecule has 2 aliphatic carbocycles. The number of rotatable bonds is 2. The van der Waals surface area contributed by atoms with Gasteiger partial charge < -0.3 is 0 Å². The van der Waals surface area contributed by atoms with Crippen molar-refractivity contribution in [2.75, 3.05) is 0 Å². The molecule has 0 aromatic rings. The second-order valence-electron chi connectivity index (χ2n) is 5.42. The van der Waals surface area contributed by atoms with E-state index in [9.17, 15) is 0 Å². The topological polar surface area (TPSA) is 24.7 Å². The van der Waals surface area contributed by atoms with Crippen LogP contribution in [0.15, 0.2) is 9.98 Å². The molecule has 0 radical (unpaired) electrons. The van der Waals surface area contributed by atoms with Crippen LogP contribution in [0.25, 0.3) is 0 Å². The van der Waals surface area contributed by atoms with Gasteiger partial charge in [-0.3, -0.25) is 9.98 Å². The largest absolute Gasteiger partial charge is 0.285 e. The summed E-state index contributed by atoms with van der Waals surface area (Å²) in [5.74, 6) is 1.46. The molecule has 0 aromatic heterocycles. The normalized spacial score (nSPS) is 35.3. The number of fused-ring (bicyclic) bond motifs is 2. The zero-order valence-corrected chi connectivity index (χ0v) is 10.3. The molecule has 2 bridgehead atoms. The van der Waals surface area contributed by atoms with Crippen LogP contribution in [0.1, 0.15) is 47.0 Å². The summed E-state index contributed by atoms with van der Waals surface area (Å²) in [4.78, 5) is 9.56. The second-order valence-corrected chi connectivity index (χ2v) is 5.42. The van der Waals surface area contributed by atoms with Crippen molar-refractivity contribution in [3.05, 3.63) is 0 Å². The maximum atomic E-state index is 4.78. The van der Waals surface area contributed by atoms with Crippen molar-refractivity contribution in [1.82, 2.24) is 0 Å². The highest BCUT2D eigenvalue weighted by atomic mass is 14.9. The molecule has 2 atom stereocenters. The van der Waals surface area contributed by atoms with E-state index in [0.717, 1.165) is 11.8 Å². The van der Waals surface area contributed by atoms with E-state index in [1.807, 2.05) is 0 Å². The molecule has 2 rings (SSSR count). The molecule has 84 valence electrons. The van der Waals surface area contributed by atoms with Crippen LogP contribution in [0.4, 0.5) is 0 Å². The summed E-state index contributed by atoms with van der Waals surface area (Å²) in [6.07, 6.45) is 4.00. The molecule has 0 spiro atoms. The average Bonchev–Trinajstić information content (AvgIpc) is 2.67. The van der Waals surface area contributed by atoms with E-state index in [0.29, 0.717) is 12.1 Å². The SMILES string of the molecule is CC(C)N=C1C(=NC(C)C)[C@H]2CC[C@@H]1C2. The highest BCUT2D eigenvalue weighted by Gasteiger charge is 2.42. The number of nitrogens with zero attached hydrogens (tertiary/aromatic N) is 2. The summed E-state index contributed by atoms with van der Waals surface area (Å²) >= 11 is 0. The molecule has 15 heavy (non-hydrogen) atoms. The van der Waals surface area contributed by atoms with Crippen molar-refractivity contribution in [3.8, 4) is 0 Å². The van der Waals surface area contributed by atoms with Gasteiger partial charge in [-0.25, -0.2) is 0 Å². The van der Waals surface area contributed by atoms with E-state index in [1.165, 1.54) is 30.7 Å². The van der Waals surface area contributed by atoms with Gasteiger partial charge in [0.05, 0.1) is 11.4 Å². The lowest BCUT2D eigenvalue weighted by atomic mass is 9.95. The lowest BCUT2D eigenvalue weighted by Gasteiger charge is -2.17. The molecule has 2 fully saturated rings. The fraction of sp³-hybridized carbons (Fsp3) is 0.846. The number of aliphatic imine (C=N–C) groups is 2. The van der Waals surface area contributed by atoms with E-state index < -0.39 is 0 Å². The van der Waals surface area contributed by atoms with Crippen LogP contribution in [-0.4, -0.2) is 23.5 Å². The van der Waals surface area contributed by atoms with Gasteiger partial charge in [0.25, 0.3) is 0 Å². The molecule has 2 aliphatic rings. The molecule has 2 saturated carbocycles. The third-order valence-electron chi connectivity index (χ3n) is 3.26. The van der Waals surface area contributed by atoms with E-state index in [2.05, 4.69) is 27.7 Å². The average molecular weight is 206 g/mol. The third-order valence-corrected chi connectivity index (χ3v) is 3.26. The first-order chi connectivity index (χ1) is 7.08. The van der Waals surface area contributed by atoms with Crippen LogP contribution in [0, 0.1) is 11.8 Å². The Bertz CT molecular complexity index is 270. The molecule has 0 unspecified atom stereocenters. The smallest absolute Gasteiger partial charge is 0.0595 e. The van der Waals surface area contributed by atoms with Gasteiger partial charge in [0.2, 0.25) is 0 Å². The summed E-state index contributed by atoms with van der Waals surface area (Å²) in [5.41, 5.74) is 2.69. The molecule has 0 N–H and O–H groups in total. The van der Waals surface area contributed by atoms with Crippen LogP contribution >= 0.6 is 0 Å². The standard InChI is InChI=1S/C13H22N2/c1-8(2)14-12-10-5-6-11(7-10)13(12)15-9(3)4/h8-11H,5-7H2,1-4H3/t10-,11+. The van der Waals surface area contributed by atoms with Gasteiger partial charge in [0.15, 0.2) is 0 Å². The van der Waals surface area contributed by atoms with Crippen LogP contribution in [0.3, 0.4) is 0 Å². The Labute approximate surface area is 92.9 Å². The van der Waals surface area contributed by atoms with Crippen LogP contribution < -0.4 is 0 Å². The number of hydrogen-bond donors (Lipinski definition) is 0. The van der Waals surface area contributed by atoms with Crippen LogP contribution in [0.2, 0.25) is 0 Å². The van der Waals surface area contributed by atoms with Crippen molar-refractivity contribution in [2.24, 2.45) is 21.8 Å². The van der Waals surface area contributed by atoms with Gasteiger partial charge in [0, 0.05) is 23.9 Å². The zero-order chi connectivity index (χ0) is 11.0. The fourth-order valence-corrected chi connectivity index (χ4v) is 2.80. The predicted octanol–water partition coefficient (Wildman–Crippen LogP) is 3.12. The van der Waals surface area contributed by atoms with Gasteiger partial charge in [-0.05, 0) is 47.0 Å². The minimum atomic E-state index is 0.414. The Morgan fingerprint density at radius 1 is 0.867 bits per heavy atom. The van der Waals surface area contributed by atoms with Crippen molar-refractivity contribution >= 4 is 11.4 Å². The Kier molecular flexibility index (Phi) is 2.94. The highest BCUT2D eigenvalue weighted by molar-refractivity contribution is 6.46. The second kappa shape index (κ2) is 4.07. The molecule has 2 heteroatoms. The maximum Gasteiger partial charge on any atom is 0.0595 e. The minimum Gasteiger partial charge on any atom is -0.285 e. The zero-order valence-electron chi connectivity index (χ0n) is 10.3. The molecular formula is C13H22N2. The van der Waals surface area contributed by atoms with Gasteiger partial charge in [-0.15, -0.1) is 0 Å². The predicted molar refractivity (Wildman–Crippen MR) is 66.0 cm³/mol. The molecule has 0 amide bonds. The van der Waals surface area contributed by atoms with E-state index in [-0.39, 0.29) is 0 Å². The van der Waals surface area contributed by atoms with E-state index in [1.54, 1.807) is 0 Å². The van der Waals surface area contributed by atoms with Gasteiger partial charge >= 0.3 is 0 Å². The van der Waals surface area contributed by atoms with Crippen molar-refractivity contribution < 1.29 is 0 Å². The monoisotopic (exact) mass is 206 g/mol. The summed E-state index contributed by atoms with van der Waals surface area (Å²) < 4.78 is 0. The lowest BCUT2D eigenvalue weighted by Crippen LogP contribution is -2.24. The van der Waals surface area contributed by atoms with Crippen molar-refractivity contribution in [1.29, 1.82) is 0 Å². The van der Waals surface area contributed by atoms with Gasteiger partial charge in [0.1, 0.15) is 0 Å². The molecule has 0 aliphatic heterocycles. The van der Waals surface area contributed by atoms with Gasteiger partial charge in [-0.1, -0.05) is 0 Å². The first kappa shape index (κ1) is 10.8. The summed E-state index contributed by atoms with van der Waals surface area (Å²) in [6.45, 7) is 8.63. The Balaban J connectivity index is 2.28. The van der Waals surface area contributed by atoms with Crippen molar-refractivity contribution in [2.45, 2.75) is 59.0 Å². The highest BCUT2D eigenvalue weighted by Crippen LogP contribution is 2.41. The third kappa shape index (κ3) is 2.14. The van der Waals surface area contributed by atoms with E-state index >= 15 is 0 Å². The van der Waals surface area contributed by atoms with Crippen LogP contribution in [-0.2, 0) is 0 Å². The Morgan fingerprint density at radius 3 is 1.60 bits per heavy atom. The maximum absolute atomic E-state index is 4.78. The minimum absolute atomic E-state index is 0.414. The lowest BCUT2D eigenvalue weighted by molar-refractivity contribution is 0.724. The first-order valence-corrected chi connectivity index (χ1v) is 6.23. The summed E-state index contributed by atoms with van der Waals surface area (Å²) in [7, 11) is 0. The first-order valence-electron chi connectivity index (χ1n) is 6.23. The molecule has 2 nitrogen and oxygen atoms in total. The Hall–Kier alpha value is -0.660. The summed E-state index contributed by atoms with van der Waals surface area (Å²) in [6, 6.07) is 0.827. The van der Waals surface area contributed by atoms with E-state index in [4.69, 9.17) is 9.98 Å². The summed E-state index contributed by atoms with van der Waals surface area (Å²) in [5, 5.41) is 0. The molecule has 0 saturated heterocycles. The Morgan fingerprint density at radius 2 is 1.27 bits per heavy atom. The molecule has 0 aromatic carbocycles. The van der Waals surface area contributed by atoms with Crippen molar-refractivity contribution in [3.63, 3.8) is 0 Å². The molecule has 0 heterocycles.